The van der Waals surface area contributed by atoms with Gasteiger partial charge in [-0.05, 0) is 31.5 Å². The van der Waals surface area contributed by atoms with Crippen LogP contribution in [0.3, 0.4) is 0 Å². The fraction of sp³-hybridized carbons (Fsp3) is 0.250. The molecule has 0 aliphatic rings. The summed E-state index contributed by atoms with van der Waals surface area (Å²) in [5, 5.41) is 14.4. The number of thiophene rings is 1. The molecule has 0 aliphatic heterocycles. The van der Waals surface area contributed by atoms with Crippen molar-refractivity contribution in [2.24, 2.45) is 0 Å². The number of nitrogens with one attached hydrogen (secondary N) is 1. The number of carbonyl (C=O) groups is 2. The second kappa shape index (κ2) is 7.48. The molecular weight excluding hydrogens is 336 g/mol. The fourth-order valence-electron chi connectivity index (χ4n) is 2.18. The Morgan fingerprint density at radius 3 is 2.35 bits per heavy atom. The third-order valence-corrected chi connectivity index (χ3v) is 4.64. The van der Waals surface area contributed by atoms with Gasteiger partial charge < -0.3 is 15.3 Å². The Kier molecular flexibility index (Phi) is 5.63. The van der Waals surface area contributed by atoms with E-state index >= 15 is 0 Å². The lowest BCUT2D eigenvalue weighted by Gasteiger charge is -2.20. The van der Waals surface area contributed by atoms with Crippen molar-refractivity contribution in [2.45, 2.75) is 13.8 Å². The Balaban J connectivity index is 2.43. The summed E-state index contributed by atoms with van der Waals surface area (Å²) < 4.78 is 0. The van der Waals surface area contributed by atoms with Crippen molar-refractivity contribution in [1.82, 2.24) is 4.90 Å². The lowest BCUT2D eigenvalue weighted by atomic mass is 10.1. The number of carboxylic acids is 1. The summed E-state index contributed by atoms with van der Waals surface area (Å²) in [7, 11) is 0. The van der Waals surface area contributed by atoms with Crippen molar-refractivity contribution in [3.63, 3.8) is 0 Å². The number of benzene rings is 1. The number of hydrogen-bond donors (Lipinski definition) is 2. The lowest BCUT2D eigenvalue weighted by molar-refractivity contribution is 0.0703. The summed E-state index contributed by atoms with van der Waals surface area (Å²) >= 11 is 6.98. The summed E-state index contributed by atoms with van der Waals surface area (Å²) in [6, 6.07) is 6.73. The van der Waals surface area contributed by atoms with Crippen LogP contribution in [0.15, 0.2) is 29.6 Å². The minimum atomic E-state index is -1.06. The fourth-order valence-corrected chi connectivity index (χ4v) is 3.17. The summed E-state index contributed by atoms with van der Waals surface area (Å²) in [6.45, 7) is 4.83. The van der Waals surface area contributed by atoms with Crippen molar-refractivity contribution in [3.05, 3.63) is 39.5 Å². The van der Waals surface area contributed by atoms with Gasteiger partial charge in [0, 0.05) is 29.1 Å². The van der Waals surface area contributed by atoms with Crippen LogP contribution in [0, 0.1) is 0 Å². The van der Waals surface area contributed by atoms with Gasteiger partial charge in [-0.2, -0.15) is 0 Å². The van der Waals surface area contributed by atoms with E-state index in [0.717, 1.165) is 16.9 Å². The van der Waals surface area contributed by atoms with Gasteiger partial charge in [0.05, 0.1) is 5.69 Å². The molecule has 0 fully saturated rings. The Bertz CT molecular complexity index is 709. The van der Waals surface area contributed by atoms with Crippen LogP contribution in [0.2, 0.25) is 5.02 Å². The standard InChI is InChI=1S/C16H17ClN2O3S/c1-3-19(4-2)16(22)18-13-12(9-23-14(13)15(20)21)10-5-7-11(17)8-6-10/h5-9H,3-4H2,1-2H3,(H,18,22)(H,20,21). The van der Waals surface area contributed by atoms with Crippen molar-refractivity contribution in [3.8, 4) is 11.1 Å². The molecule has 0 bridgehead atoms. The van der Waals surface area contributed by atoms with Crippen LogP contribution in [0.5, 0.6) is 0 Å². The molecular formula is C16H17ClN2O3S. The van der Waals surface area contributed by atoms with E-state index in [-0.39, 0.29) is 10.9 Å². The molecule has 0 aliphatic carbocycles. The zero-order valence-corrected chi connectivity index (χ0v) is 14.4. The molecule has 0 unspecified atom stereocenters. The van der Waals surface area contributed by atoms with Crippen LogP contribution in [-0.4, -0.2) is 35.1 Å². The van der Waals surface area contributed by atoms with Gasteiger partial charge in [0.1, 0.15) is 4.88 Å². The van der Waals surface area contributed by atoms with E-state index in [4.69, 9.17) is 11.6 Å². The maximum Gasteiger partial charge on any atom is 0.348 e. The van der Waals surface area contributed by atoms with Crippen molar-refractivity contribution < 1.29 is 14.7 Å². The molecule has 122 valence electrons. The van der Waals surface area contributed by atoms with Crippen molar-refractivity contribution >= 4 is 40.6 Å². The van der Waals surface area contributed by atoms with E-state index in [1.165, 1.54) is 0 Å². The smallest absolute Gasteiger partial charge is 0.348 e. The Labute approximate surface area is 143 Å². The molecule has 2 rings (SSSR count). The first kappa shape index (κ1) is 17.3. The van der Waals surface area contributed by atoms with Gasteiger partial charge in [-0.3, -0.25) is 0 Å². The van der Waals surface area contributed by atoms with E-state index < -0.39 is 5.97 Å². The minimum Gasteiger partial charge on any atom is -0.477 e. The van der Waals surface area contributed by atoms with Gasteiger partial charge in [0.15, 0.2) is 0 Å². The molecule has 0 radical (unpaired) electrons. The highest BCUT2D eigenvalue weighted by Crippen LogP contribution is 2.37. The normalized spacial score (nSPS) is 10.4. The minimum absolute atomic E-state index is 0.107. The van der Waals surface area contributed by atoms with Crippen LogP contribution < -0.4 is 5.32 Å². The number of aromatic carboxylic acids is 1. The van der Waals surface area contributed by atoms with Gasteiger partial charge in [0.25, 0.3) is 0 Å². The summed E-state index contributed by atoms with van der Waals surface area (Å²) in [5.74, 6) is -1.06. The SMILES string of the molecule is CCN(CC)C(=O)Nc1c(-c2ccc(Cl)cc2)csc1C(=O)O. The number of rotatable bonds is 5. The molecule has 2 amide bonds. The molecule has 0 spiro atoms. The summed E-state index contributed by atoms with van der Waals surface area (Å²) in [5.41, 5.74) is 1.79. The topological polar surface area (TPSA) is 69.6 Å². The number of anilines is 1. The van der Waals surface area contributed by atoms with Crippen LogP contribution in [0.1, 0.15) is 23.5 Å². The number of nitrogens with zero attached hydrogens (tertiary/aromatic N) is 1. The van der Waals surface area contributed by atoms with Crippen molar-refractivity contribution in [1.29, 1.82) is 0 Å². The predicted octanol–water partition coefficient (Wildman–Crippen LogP) is 4.64. The summed E-state index contributed by atoms with van der Waals surface area (Å²) in [4.78, 5) is 25.4. The second-order valence-corrected chi connectivity index (χ2v) is 6.08. The number of halogens is 1. The molecule has 0 saturated carbocycles. The Morgan fingerprint density at radius 1 is 1.22 bits per heavy atom. The first-order valence-corrected chi connectivity index (χ1v) is 8.40. The van der Waals surface area contributed by atoms with E-state index in [1.807, 2.05) is 13.8 Å². The number of carboxylic acid groups (broad SMARTS) is 1. The van der Waals surface area contributed by atoms with Gasteiger partial charge in [-0.1, -0.05) is 23.7 Å². The van der Waals surface area contributed by atoms with E-state index in [0.29, 0.717) is 29.4 Å². The molecule has 0 saturated heterocycles. The zero-order chi connectivity index (χ0) is 17.0. The van der Waals surface area contributed by atoms with Crippen LogP contribution in [0.25, 0.3) is 11.1 Å². The van der Waals surface area contributed by atoms with E-state index in [2.05, 4.69) is 5.32 Å². The quantitative estimate of drug-likeness (QED) is 0.823. The van der Waals surface area contributed by atoms with Gasteiger partial charge in [0.2, 0.25) is 0 Å². The van der Waals surface area contributed by atoms with Gasteiger partial charge in [-0.25, -0.2) is 9.59 Å². The maximum absolute atomic E-state index is 12.3. The number of carbonyl (C=O) groups excluding carboxylic acids is 1. The first-order chi connectivity index (χ1) is 11.0. The average Bonchev–Trinajstić information content (AvgIpc) is 2.93. The molecule has 23 heavy (non-hydrogen) atoms. The number of hydrogen-bond acceptors (Lipinski definition) is 3. The number of amides is 2. The molecule has 2 N–H and O–H groups in total. The molecule has 0 atom stereocenters. The molecule has 5 nitrogen and oxygen atoms in total. The third-order valence-electron chi connectivity index (χ3n) is 3.42. The second-order valence-electron chi connectivity index (χ2n) is 4.77. The molecule has 1 heterocycles. The van der Waals surface area contributed by atoms with Crippen LogP contribution >= 0.6 is 22.9 Å². The molecule has 2 aromatic rings. The highest BCUT2D eigenvalue weighted by Gasteiger charge is 2.21. The Morgan fingerprint density at radius 2 is 1.83 bits per heavy atom. The number of urea groups is 1. The largest absolute Gasteiger partial charge is 0.477 e. The highest BCUT2D eigenvalue weighted by atomic mass is 35.5. The lowest BCUT2D eigenvalue weighted by Crippen LogP contribution is -2.34. The van der Waals surface area contributed by atoms with E-state index in [1.54, 1.807) is 34.5 Å². The van der Waals surface area contributed by atoms with Crippen LogP contribution in [0.4, 0.5) is 10.5 Å². The molecule has 7 heteroatoms. The predicted molar refractivity (Wildman–Crippen MR) is 93.7 cm³/mol. The van der Waals surface area contributed by atoms with Gasteiger partial charge in [-0.15, -0.1) is 11.3 Å². The molecule has 1 aromatic heterocycles. The van der Waals surface area contributed by atoms with Crippen LogP contribution in [-0.2, 0) is 0 Å². The van der Waals surface area contributed by atoms with Crippen molar-refractivity contribution in [2.75, 3.05) is 18.4 Å². The molecule has 1 aromatic carbocycles. The van der Waals surface area contributed by atoms with E-state index in [9.17, 15) is 14.7 Å². The van der Waals surface area contributed by atoms with Gasteiger partial charge >= 0.3 is 12.0 Å². The monoisotopic (exact) mass is 352 g/mol. The Hall–Kier alpha value is -2.05. The summed E-state index contributed by atoms with van der Waals surface area (Å²) in [6.07, 6.45) is 0. The average molecular weight is 353 g/mol. The highest BCUT2D eigenvalue weighted by molar-refractivity contribution is 7.13. The third kappa shape index (κ3) is 3.83. The zero-order valence-electron chi connectivity index (χ0n) is 12.8. The maximum atomic E-state index is 12.3. The first-order valence-electron chi connectivity index (χ1n) is 7.14.